The molecule has 2 aromatic rings. The van der Waals surface area contributed by atoms with Gasteiger partial charge in [0.2, 0.25) is 11.7 Å². The summed E-state index contributed by atoms with van der Waals surface area (Å²) < 4.78 is 16.0. The maximum atomic E-state index is 13.6. The van der Waals surface area contributed by atoms with Gasteiger partial charge in [0.25, 0.3) is 11.7 Å². The van der Waals surface area contributed by atoms with Crippen LogP contribution < -0.4 is 14.2 Å². The number of rotatable bonds is 10. The van der Waals surface area contributed by atoms with Gasteiger partial charge >= 0.3 is 0 Å². The zero-order valence-corrected chi connectivity index (χ0v) is 21.9. The van der Waals surface area contributed by atoms with Gasteiger partial charge in [-0.1, -0.05) is 30.3 Å². The van der Waals surface area contributed by atoms with Crippen LogP contribution in [0.3, 0.4) is 0 Å². The number of nitrogens with zero attached hydrogens (tertiary/aromatic N) is 2. The summed E-state index contributed by atoms with van der Waals surface area (Å²) in [7, 11) is 4.39. The normalized spacial score (nSPS) is 19.3. The molecule has 198 valence electrons. The Balaban J connectivity index is 1.47. The predicted molar refractivity (Wildman–Crippen MR) is 139 cm³/mol. The summed E-state index contributed by atoms with van der Waals surface area (Å²) in [6.45, 7) is 1.27. The fourth-order valence-corrected chi connectivity index (χ4v) is 5.49. The number of carbonyl (C=O) groups is 3. The summed E-state index contributed by atoms with van der Waals surface area (Å²) in [5.74, 6) is -0.436. The van der Waals surface area contributed by atoms with Gasteiger partial charge in [0, 0.05) is 24.7 Å². The number of methoxy groups -OCH3 is 3. The van der Waals surface area contributed by atoms with Crippen molar-refractivity contribution < 1.29 is 28.6 Å². The van der Waals surface area contributed by atoms with E-state index in [1.54, 1.807) is 4.90 Å². The second kappa shape index (κ2) is 12.1. The Morgan fingerprint density at radius 2 is 1.62 bits per heavy atom. The van der Waals surface area contributed by atoms with Crippen molar-refractivity contribution in [1.82, 2.24) is 9.80 Å². The highest BCUT2D eigenvalue weighted by Crippen LogP contribution is 2.39. The summed E-state index contributed by atoms with van der Waals surface area (Å²) in [5.41, 5.74) is 1.44. The number of amides is 2. The summed E-state index contributed by atoms with van der Waals surface area (Å²) in [6.07, 6.45) is 5.77. The molecule has 0 aromatic heterocycles. The molecule has 8 heteroatoms. The molecule has 2 amide bonds. The highest BCUT2D eigenvalue weighted by molar-refractivity contribution is 6.43. The molecule has 2 atom stereocenters. The molecule has 0 spiro atoms. The van der Waals surface area contributed by atoms with Crippen LogP contribution in [0.25, 0.3) is 0 Å². The topological polar surface area (TPSA) is 85.4 Å². The number of hydrogen-bond donors (Lipinski definition) is 0. The number of ketones is 1. The van der Waals surface area contributed by atoms with E-state index < -0.39 is 17.7 Å². The molecule has 2 heterocycles. The largest absolute Gasteiger partial charge is 0.493 e. The molecule has 0 aliphatic carbocycles. The number of ether oxygens (including phenoxy) is 3. The number of carbonyl (C=O) groups excluding carboxylic acids is 3. The maximum Gasteiger partial charge on any atom is 0.295 e. The molecular formula is C29H36N2O6. The first kappa shape index (κ1) is 26.5. The molecule has 2 saturated heterocycles. The molecule has 2 bridgehead atoms. The van der Waals surface area contributed by atoms with Crippen LogP contribution in [0.4, 0.5) is 0 Å². The van der Waals surface area contributed by atoms with E-state index in [2.05, 4.69) is 12.1 Å². The van der Waals surface area contributed by atoms with E-state index in [0.29, 0.717) is 43.2 Å². The molecule has 0 saturated carbocycles. The van der Waals surface area contributed by atoms with Crippen LogP contribution in [-0.2, 0) is 16.0 Å². The monoisotopic (exact) mass is 508 g/mol. The summed E-state index contributed by atoms with van der Waals surface area (Å²) in [5, 5.41) is 0. The van der Waals surface area contributed by atoms with Crippen molar-refractivity contribution in [2.45, 2.75) is 57.0 Å². The average molecular weight is 509 g/mol. The first-order valence-electron chi connectivity index (χ1n) is 13.0. The van der Waals surface area contributed by atoms with E-state index in [4.69, 9.17) is 14.2 Å². The quantitative estimate of drug-likeness (QED) is 0.275. The molecule has 4 rings (SSSR count). The first-order valence-corrected chi connectivity index (χ1v) is 13.0. The number of Topliss-reactive ketones (excluding diaryl/α,β-unsaturated/α-hetero) is 1. The van der Waals surface area contributed by atoms with Gasteiger partial charge in [-0.25, -0.2) is 0 Å². The first-order chi connectivity index (χ1) is 18.0. The lowest BCUT2D eigenvalue weighted by molar-refractivity contribution is -0.145. The third-order valence-corrected chi connectivity index (χ3v) is 7.42. The smallest absolute Gasteiger partial charge is 0.295 e. The summed E-state index contributed by atoms with van der Waals surface area (Å²) in [4.78, 5) is 44.0. The molecule has 2 fully saturated rings. The van der Waals surface area contributed by atoms with Crippen LogP contribution in [0, 0.1) is 0 Å². The molecule has 0 radical (unpaired) electrons. The molecular weight excluding hydrogens is 472 g/mol. The third kappa shape index (κ3) is 5.73. The van der Waals surface area contributed by atoms with E-state index >= 15 is 0 Å². The highest BCUT2D eigenvalue weighted by atomic mass is 16.5. The Hall–Kier alpha value is -3.55. The van der Waals surface area contributed by atoms with Gasteiger partial charge in [0.05, 0.1) is 21.3 Å². The lowest BCUT2D eigenvalue weighted by atomic mass is 9.93. The minimum atomic E-state index is -0.680. The van der Waals surface area contributed by atoms with Gasteiger partial charge < -0.3 is 24.0 Å². The summed E-state index contributed by atoms with van der Waals surface area (Å²) in [6, 6.07) is 12.6. The van der Waals surface area contributed by atoms with E-state index in [1.807, 2.05) is 23.1 Å². The van der Waals surface area contributed by atoms with Crippen LogP contribution in [0.1, 0.15) is 54.4 Å². The second-order valence-electron chi connectivity index (χ2n) is 9.61. The number of aryl methyl sites for hydroxylation is 1. The Morgan fingerprint density at radius 1 is 0.919 bits per heavy atom. The van der Waals surface area contributed by atoms with E-state index in [-0.39, 0.29) is 17.5 Å². The van der Waals surface area contributed by atoms with Crippen molar-refractivity contribution in [3.63, 3.8) is 0 Å². The van der Waals surface area contributed by atoms with Crippen molar-refractivity contribution in [2.75, 3.05) is 34.4 Å². The van der Waals surface area contributed by atoms with Gasteiger partial charge in [-0.05, 0) is 62.6 Å². The summed E-state index contributed by atoms with van der Waals surface area (Å²) >= 11 is 0. The molecule has 37 heavy (non-hydrogen) atoms. The maximum absolute atomic E-state index is 13.6. The molecule has 8 nitrogen and oxygen atoms in total. The molecule has 2 unspecified atom stereocenters. The third-order valence-electron chi connectivity index (χ3n) is 7.42. The van der Waals surface area contributed by atoms with Gasteiger partial charge in [-0.15, -0.1) is 0 Å². The zero-order valence-electron chi connectivity index (χ0n) is 21.9. The van der Waals surface area contributed by atoms with E-state index in [0.717, 1.165) is 32.1 Å². The lowest BCUT2D eigenvalue weighted by Gasteiger charge is -2.39. The fraction of sp³-hybridized carbons (Fsp3) is 0.483. The Bertz CT molecular complexity index is 1090. The number of unbranched alkanes of at least 4 members (excludes halogenated alkanes) is 1. The van der Waals surface area contributed by atoms with Crippen LogP contribution in [0.5, 0.6) is 17.2 Å². The average Bonchev–Trinajstić information content (AvgIpc) is 3.01. The van der Waals surface area contributed by atoms with Gasteiger partial charge in [-0.3, -0.25) is 14.4 Å². The predicted octanol–water partition coefficient (Wildman–Crippen LogP) is 3.90. The highest BCUT2D eigenvalue weighted by Gasteiger charge is 2.44. The number of benzene rings is 2. The Labute approximate surface area is 218 Å². The van der Waals surface area contributed by atoms with Gasteiger partial charge in [0.15, 0.2) is 11.5 Å². The van der Waals surface area contributed by atoms with Gasteiger partial charge in [-0.2, -0.15) is 0 Å². The zero-order chi connectivity index (χ0) is 26.4. The van der Waals surface area contributed by atoms with Crippen molar-refractivity contribution in [3.05, 3.63) is 53.6 Å². The van der Waals surface area contributed by atoms with Crippen molar-refractivity contribution >= 4 is 17.6 Å². The van der Waals surface area contributed by atoms with Crippen molar-refractivity contribution in [2.24, 2.45) is 0 Å². The molecule has 2 aliphatic rings. The minimum absolute atomic E-state index is 0.0482. The van der Waals surface area contributed by atoms with E-state index in [9.17, 15) is 14.4 Å². The lowest BCUT2D eigenvalue weighted by Crippen LogP contribution is -2.55. The Morgan fingerprint density at radius 3 is 2.27 bits per heavy atom. The second-order valence-corrected chi connectivity index (χ2v) is 9.61. The number of piperidine rings is 1. The standard InChI is InChI=1S/C29H36N2O6/c1-35-24-18-21(19-25(36-2)27(24)37-3)26(32)29(34)31-22-13-9-14-23(31)28(33)30(17-15-22)16-8-7-12-20-10-5-4-6-11-20/h4-6,10-11,18-19,22-23H,7-9,12-17H2,1-3H3. The van der Waals surface area contributed by atoms with Crippen LogP contribution in [-0.4, -0.2) is 73.9 Å². The van der Waals surface area contributed by atoms with Crippen molar-refractivity contribution in [1.29, 1.82) is 0 Å². The molecule has 2 aliphatic heterocycles. The van der Waals surface area contributed by atoms with Crippen LogP contribution in [0.15, 0.2) is 42.5 Å². The van der Waals surface area contributed by atoms with Crippen LogP contribution in [0.2, 0.25) is 0 Å². The van der Waals surface area contributed by atoms with Crippen LogP contribution >= 0.6 is 0 Å². The minimum Gasteiger partial charge on any atom is -0.493 e. The fourth-order valence-electron chi connectivity index (χ4n) is 5.49. The SMILES string of the molecule is COc1cc(C(=O)C(=O)N2C3CCCC2C(=O)N(CCCCc2ccccc2)CC3)cc(OC)c1OC. The molecule has 0 N–H and O–H groups in total. The van der Waals surface area contributed by atoms with Crippen molar-refractivity contribution in [3.8, 4) is 17.2 Å². The molecule has 2 aromatic carbocycles. The number of fused-ring (bicyclic) bond motifs is 2. The van der Waals surface area contributed by atoms with E-state index in [1.165, 1.54) is 39.0 Å². The Kier molecular flexibility index (Phi) is 8.69. The van der Waals surface area contributed by atoms with Gasteiger partial charge in [0.1, 0.15) is 6.04 Å². The number of hydrogen-bond acceptors (Lipinski definition) is 6.